The first-order valence-corrected chi connectivity index (χ1v) is 7.31. The fourth-order valence-electron chi connectivity index (χ4n) is 1.93. The van der Waals surface area contributed by atoms with Gasteiger partial charge in [0.2, 0.25) is 5.88 Å². The Bertz CT molecular complexity index is 407. The van der Waals surface area contributed by atoms with E-state index in [0.29, 0.717) is 12.4 Å². The van der Waals surface area contributed by atoms with E-state index in [1.807, 2.05) is 19.9 Å². The summed E-state index contributed by atoms with van der Waals surface area (Å²) in [7, 11) is 0. The molecule has 1 aromatic rings. The zero-order valence-electron chi connectivity index (χ0n) is 13.4. The van der Waals surface area contributed by atoms with Crippen LogP contribution in [0.25, 0.3) is 0 Å². The highest BCUT2D eigenvalue weighted by molar-refractivity contribution is 5.41. The van der Waals surface area contributed by atoms with Crippen molar-refractivity contribution in [1.29, 1.82) is 0 Å². The van der Waals surface area contributed by atoms with Crippen LogP contribution >= 0.6 is 0 Å². The average Bonchev–Trinajstić information content (AvgIpc) is 2.37. The summed E-state index contributed by atoms with van der Waals surface area (Å²) in [5.41, 5.74) is 5.90. The van der Waals surface area contributed by atoms with Gasteiger partial charge in [0.05, 0.1) is 6.10 Å². The molecule has 1 rings (SSSR count). The Balaban J connectivity index is 2.90. The lowest BCUT2D eigenvalue weighted by Gasteiger charge is -2.32. The van der Waals surface area contributed by atoms with Gasteiger partial charge in [-0.1, -0.05) is 20.8 Å². The van der Waals surface area contributed by atoms with E-state index in [9.17, 15) is 0 Å². The first-order valence-electron chi connectivity index (χ1n) is 7.31. The number of aromatic nitrogens is 2. The topological polar surface area (TPSA) is 64.3 Å². The molecule has 1 aromatic heterocycles. The molecule has 5 heteroatoms. The van der Waals surface area contributed by atoms with E-state index in [0.717, 1.165) is 25.3 Å². The van der Waals surface area contributed by atoms with Crippen molar-refractivity contribution in [1.82, 2.24) is 9.97 Å². The number of nitrogens with two attached hydrogens (primary N) is 1. The molecule has 2 N–H and O–H groups in total. The maximum atomic E-state index is 5.84. The lowest BCUT2D eigenvalue weighted by molar-refractivity contribution is 0.232. The van der Waals surface area contributed by atoms with Gasteiger partial charge in [-0.15, -0.1) is 0 Å². The van der Waals surface area contributed by atoms with Gasteiger partial charge < -0.3 is 15.4 Å². The monoisotopic (exact) mass is 280 g/mol. The van der Waals surface area contributed by atoms with Crippen molar-refractivity contribution in [2.45, 2.75) is 47.1 Å². The predicted octanol–water partition coefficient (Wildman–Crippen LogP) is 2.47. The summed E-state index contributed by atoms with van der Waals surface area (Å²) < 4.78 is 5.64. The van der Waals surface area contributed by atoms with E-state index in [1.165, 1.54) is 0 Å². The number of rotatable bonds is 8. The number of anilines is 1. The summed E-state index contributed by atoms with van der Waals surface area (Å²) >= 11 is 0. The molecule has 0 saturated heterocycles. The lowest BCUT2D eigenvalue weighted by atomic mass is 9.93. The number of nitrogens with zero attached hydrogens (tertiary/aromatic N) is 3. The van der Waals surface area contributed by atoms with E-state index in [-0.39, 0.29) is 11.5 Å². The average molecular weight is 280 g/mol. The molecule has 0 aliphatic rings. The van der Waals surface area contributed by atoms with Gasteiger partial charge in [0, 0.05) is 19.2 Å². The molecular formula is C15H28N4O. The minimum absolute atomic E-state index is 0.0548. The Hall–Kier alpha value is -1.36. The van der Waals surface area contributed by atoms with E-state index in [4.69, 9.17) is 10.5 Å². The molecule has 0 aliphatic heterocycles. The van der Waals surface area contributed by atoms with Gasteiger partial charge in [-0.3, -0.25) is 0 Å². The quantitative estimate of drug-likeness (QED) is 0.792. The minimum atomic E-state index is 0.0548. The smallest absolute Gasteiger partial charge is 0.218 e. The van der Waals surface area contributed by atoms with Crippen LogP contribution in [0.15, 0.2) is 12.4 Å². The van der Waals surface area contributed by atoms with Crippen molar-refractivity contribution in [2.24, 2.45) is 11.1 Å². The van der Waals surface area contributed by atoms with Gasteiger partial charge in [0.1, 0.15) is 12.1 Å². The van der Waals surface area contributed by atoms with Gasteiger partial charge in [-0.05, 0) is 32.2 Å². The van der Waals surface area contributed by atoms with Crippen LogP contribution in [0.3, 0.4) is 0 Å². The summed E-state index contributed by atoms with van der Waals surface area (Å²) in [5.74, 6) is 1.52. The fraction of sp³-hybridized carbons (Fsp3) is 0.733. The van der Waals surface area contributed by atoms with Gasteiger partial charge in [0.15, 0.2) is 0 Å². The van der Waals surface area contributed by atoms with Crippen molar-refractivity contribution in [3.8, 4) is 5.88 Å². The van der Waals surface area contributed by atoms with E-state index < -0.39 is 0 Å². The highest BCUT2D eigenvalue weighted by Gasteiger charge is 2.21. The van der Waals surface area contributed by atoms with Crippen LogP contribution in [-0.2, 0) is 0 Å². The van der Waals surface area contributed by atoms with E-state index in [2.05, 4.69) is 35.6 Å². The third kappa shape index (κ3) is 5.33. The Morgan fingerprint density at radius 3 is 2.60 bits per heavy atom. The maximum Gasteiger partial charge on any atom is 0.218 e. The molecule has 0 amide bonds. The fourth-order valence-corrected chi connectivity index (χ4v) is 1.93. The van der Waals surface area contributed by atoms with Crippen LogP contribution in [0.5, 0.6) is 5.88 Å². The summed E-state index contributed by atoms with van der Waals surface area (Å²) in [6, 6.07) is 1.91. The van der Waals surface area contributed by atoms with Crippen LogP contribution in [0.1, 0.15) is 41.0 Å². The minimum Gasteiger partial charge on any atom is -0.475 e. The van der Waals surface area contributed by atoms with Gasteiger partial charge >= 0.3 is 0 Å². The van der Waals surface area contributed by atoms with Crippen molar-refractivity contribution in [3.63, 3.8) is 0 Å². The van der Waals surface area contributed by atoms with E-state index >= 15 is 0 Å². The van der Waals surface area contributed by atoms with Gasteiger partial charge in [-0.2, -0.15) is 0 Å². The molecule has 0 spiro atoms. The Morgan fingerprint density at radius 2 is 2.05 bits per heavy atom. The number of hydrogen-bond donors (Lipinski definition) is 1. The third-order valence-electron chi connectivity index (χ3n) is 2.97. The molecule has 0 aliphatic carbocycles. The standard InChI is InChI=1S/C15H28N4O/c1-6-7-19(10-15(4,5)9-16)13-8-14(18-11-17-13)20-12(2)3/h8,11-12H,6-7,9-10,16H2,1-5H3. The largest absolute Gasteiger partial charge is 0.475 e. The molecule has 0 radical (unpaired) electrons. The molecule has 0 saturated carbocycles. The van der Waals surface area contributed by atoms with Gasteiger partial charge in [0.25, 0.3) is 0 Å². The van der Waals surface area contributed by atoms with Crippen LogP contribution < -0.4 is 15.4 Å². The molecule has 114 valence electrons. The molecule has 20 heavy (non-hydrogen) atoms. The lowest BCUT2D eigenvalue weighted by Crippen LogP contribution is -2.39. The first-order chi connectivity index (χ1) is 9.38. The van der Waals surface area contributed by atoms with Crippen molar-refractivity contribution < 1.29 is 4.74 Å². The van der Waals surface area contributed by atoms with Crippen molar-refractivity contribution in [2.75, 3.05) is 24.5 Å². The zero-order chi connectivity index (χ0) is 15.2. The Morgan fingerprint density at radius 1 is 1.35 bits per heavy atom. The maximum absolute atomic E-state index is 5.84. The molecule has 0 atom stereocenters. The molecule has 0 aromatic carbocycles. The molecule has 0 unspecified atom stereocenters. The highest BCUT2D eigenvalue weighted by Crippen LogP contribution is 2.22. The molecule has 5 nitrogen and oxygen atoms in total. The Labute approximate surface area is 122 Å². The summed E-state index contributed by atoms with van der Waals surface area (Å²) in [6.45, 7) is 12.9. The van der Waals surface area contributed by atoms with Crippen LogP contribution in [-0.4, -0.2) is 35.7 Å². The number of hydrogen-bond acceptors (Lipinski definition) is 5. The highest BCUT2D eigenvalue weighted by atomic mass is 16.5. The second-order valence-electron chi connectivity index (χ2n) is 6.17. The van der Waals surface area contributed by atoms with Gasteiger partial charge in [-0.25, -0.2) is 9.97 Å². The summed E-state index contributed by atoms with van der Waals surface area (Å²) in [6.07, 6.45) is 2.73. The Kier molecular flexibility index (Phi) is 6.20. The van der Waals surface area contributed by atoms with Crippen molar-refractivity contribution >= 4 is 5.82 Å². The predicted molar refractivity (Wildman–Crippen MR) is 83.1 cm³/mol. The molecule has 0 fully saturated rings. The third-order valence-corrected chi connectivity index (χ3v) is 2.97. The summed E-state index contributed by atoms with van der Waals surface area (Å²) in [5, 5.41) is 0. The first kappa shape index (κ1) is 16.7. The van der Waals surface area contributed by atoms with Crippen molar-refractivity contribution in [3.05, 3.63) is 12.4 Å². The van der Waals surface area contributed by atoms with Crippen LogP contribution in [0.2, 0.25) is 0 Å². The molecular weight excluding hydrogens is 252 g/mol. The normalized spacial score (nSPS) is 11.8. The zero-order valence-corrected chi connectivity index (χ0v) is 13.4. The number of ether oxygens (including phenoxy) is 1. The van der Waals surface area contributed by atoms with Crippen LogP contribution in [0, 0.1) is 5.41 Å². The second-order valence-corrected chi connectivity index (χ2v) is 6.17. The summed E-state index contributed by atoms with van der Waals surface area (Å²) in [4.78, 5) is 10.8. The SMILES string of the molecule is CCCN(CC(C)(C)CN)c1cc(OC(C)C)ncn1. The van der Waals surface area contributed by atoms with Crippen LogP contribution in [0.4, 0.5) is 5.82 Å². The van der Waals surface area contributed by atoms with E-state index in [1.54, 1.807) is 6.33 Å². The molecule has 0 bridgehead atoms. The second kappa shape index (κ2) is 7.43. The molecule has 1 heterocycles.